The van der Waals surface area contributed by atoms with Crippen LogP contribution in [0.1, 0.15) is 28.9 Å². The second-order valence-corrected chi connectivity index (χ2v) is 6.37. The van der Waals surface area contributed by atoms with Crippen molar-refractivity contribution >= 4 is 33.2 Å². The molecule has 1 aromatic rings. The quantitative estimate of drug-likeness (QED) is 0.875. The first-order valence-electron chi connectivity index (χ1n) is 6.10. The Morgan fingerprint density at radius 2 is 2.25 bits per heavy atom. The highest BCUT2D eigenvalue weighted by atomic mass is 79.9. The van der Waals surface area contributed by atoms with Crippen molar-refractivity contribution in [2.45, 2.75) is 37.6 Å². The van der Waals surface area contributed by atoms with Gasteiger partial charge in [0.15, 0.2) is 6.10 Å². The molecule has 20 heavy (non-hydrogen) atoms. The summed E-state index contributed by atoms with van der Waals surface area (Å²) in [5, 5.41) is 4.48. The van der Waals surface area contributed by atoms with Gasteiger partial charge < -0.3 is 10.1 Å². The molecule has 1 saturated heterocycles. The number of hydrogen-bond acceptors (Lipinski definition) is 3. The molecule has 2 heterocycles. The third-order valence-corrected chi connectivity index (χ3v) is 4.71. The lowest BCUT2D eigenvalue weighted by Gasteiger charge is -2.16. The van der Waals surface area contributed by atoms with E-state index in [0.717, 1.165) is 4.47 Å². The second-order valence-electron chi connectivity index (χ2n) is 4.54. The van der Waals surface area contributed by atoms with Gasteiger partial charge in [-0.15, -0.1) is 11.3 Å². The summed E-state index contributed by atoms with van der Waals surface area (Å²) in [6, 6.07) is 1.70. The molecule has 0 spiro atoms. The molecule has 0 aromatic carbocycles. The van der Waals surface area contributed by atoms with Gasteiger partial charge in [-0.25, -0.2) is 0 Å². The van der Waals surface area contributed by atoms with Crippen LogP contribution in [0.3, 0.4) is 0 Å². The number of nitrogens with one attached hydrogen (secondary N) is 1. The lowest BCUT2D eigenvalue weighted by atomic mass is 10.1. The molecule has 2 rings (SSSR count). The normalized spacial score (nSPS) is 23.0. The van der Waals surface area contributed by atoms with Gasteiger partial charge in [0.05, 0.1) is 11.0 Å². The van der Waals surface area contributed by atoms with Crippen LogP contribution in [0, 0.1) is 0 Å². The van der Waals surface area contributed by atoms with Crippen molar-refractivity contribution in [1.82, 2.24) is 5.32 Å². The van der Waals surface area contributed by atoms with E-state index in [1.165, 1.54) is 11.3 Å². The summed E-state index contributed by atoms with van der Waals surface area (Å²) in [5.41, 5.74) is 0. The zero-order valence-corrected chi connectivity index (χ0v) is 12.8. The third kappa shape index (κ3) is 4.20. The van der Waals surface area contributed by atoms with E-state index in [-0.39, 0.29) is 12.3 Å². The smallest absolute Gasteiger partial charge is 0.365 e. The molecule has 2 unspecified atom stereocenters. The SMILES string of the molecule is O=C(NCCC1CCC(C(F)(F)F)O1)c1cc(Br)cs1. The van der Waals surface area contributed by atoms with Crippen LogP contribution in [-0.2, 0) is 4.74 Å². The zero-order chi connectivity index (χ0) is 14.8. The number of rotatable bonds is 4. The minimum Gasteiger partial charge on any atom is -0.365 e. The van der Waals surface area contributed by atoms with E-state index in [1.54, 1.807) is 11.4 Å². The monoisotopic (exact) mass is 371 g/mol. The summed E-state index contributed by atoms with van der Waals surface area (Å²) in [6.07, 6.45) is -5.61. The van der Waals surface area contributed by atoms with Crippen LogP contribution in [0.5, 0.6) is 0 Å². The maximum absolute atomic E-state index is 12.4. The van der Waals surface area contributed by atoms with E-state index in [9.17, 15) is 18.0 Å². The fourth-order valence-electron chi connectivity index (χ4n) is 2.02. The van der Waals surface area contributed by atoms with Crippen molar-refractivity contribution in [3.63, 3.8) is 0 Å². The third-order valence-electron chi connectivity index (χ3n) is 3.02. The summed E-state index contributed by atoms with van der Waals surface area (Å²) in [5.74, 6) is -0.217. The van der Waals surface area contributed by atoms with Gasteiger partial charge in [0.1, 0.15) is 0 Å². The standard InChI is InChI=1S/C12H13BrF3NO2S/c13-7-5-9(20-6-7)11(18)17-4-3-8-1-2-10(19-8)12(14,15)16/h5-6,8,10H,1-4H2,(H,17,18). The van der Waals surface area contributed by atoms with Crippen molar-refractivity contribution in [2.24, 2.45) is 0 Å². The van der Waals surface area contributed by atoms with Crippen molar-refractivity contribution in [2.75, 3.05) is 6.54 Å². The van der Waals surface area contributed by atoms with Crippen LogP contribution in [0.4, 0.5) is 13.2 Å². The predicted octanol–water partition coefficient (Wildman–Crippen LogP) is 3.74. The van der Waals surface area contributed by atoms with E-state index in [2.05, 4.69) is 21.2 Å². The number of amides is 1. The topological polar surface area (TPSA) is 38.3 Å². The molecule has 2 atom stereocenters. The Morgan fingerprint density at radius 1 is 1.50 bits per heavy atom. The minimum atomic E-state index is -4.29. The number of carbonyl (C=O) groups excluding carboxylic acids is 1. The van der Waals surface area contributed by atoms with Gasteiger partial charge in [-0.2, -0.15) is 13.2 Å². The minimum absolute atomic E-state index is 0.0000154. The molecule has 1 aliphatic rings. The molecule has 0 bridgehead atoms. The Balaban J connectivity index is 1.71. The summed E-state index contributed by atoms with van der Waals surface area (Å²) in [7, 11) is 0. The van der Waals surface area contributed by atoms with Crippen LogP contribution in [0.25, 0.3) is 0 Å². The first kappa shape index (κ1) is 15.8. The molecular weight excluding hydrogens is 359 g/mol. The summed E-state index contributed by atoms with van der Waals surface area (Å²) < 4.78 is 43.0. The molecular formula is C12H13BrF3NO2S. The average molecular weight is 372 g/mol. The van der Waals surface area contributed by atoms with Gasteiger partial charge in [-0.1, -0.05) is 0 Å². The molecule has 0 saturated carbocycles. The van der Waals surface area contributed by atoms with Gasteiger partial charge >= 0.3 is 6.18 Å². The fraction of sp³-hybridized carbons (Fsp3) is 0.583. The van der Waals surface area contributed by atoms with Crippen LogP contribution in [0.15, 0.2) is 15.9 Å². The lowest BCUT2D eigenvalue weighted by Crippen LogP contribution is -2.30. The van der Waals surface area contributed by atoms with E-state index in [1.807, 2.05) is 0 Å². The molecule has 1 amide bonds. The zero-order valence-electron chi connectivity index (χ0n) is 10.4. The van der Waals surface area contributed by atoms with Crippen LogP contribution < -0.4 is 5.32 Å². The average Bonchev–Trinajstić information content (AvgIpc) is 2.97. The molecule has 1 aromatic heterocycles. The van der Waals surface area contributed by atoms with Crippen LogP contribution >= 0.6 is 27.3 Å². The Labute approximate surface area is 126 Å². The first-order valence-corrected chi connectivity index (χ1v) is 7.78. The summed E-state index contributed by atoms with van der Waals surface area (Å²) in [4.78, 5) is 12.3. The fourth-order valence-corrected chi connectivity index (χ4v) is 3.37. The first-order chi connectivity index (χ1) is 9.36. The van der Waals surface area contributed by atoms with Crippen molar-refractivity contribution in [3.8, 4) is 0 Å². The van der Waals surface area contributed by atoms with Gasteiger partial charge in [0.25, 0.3) is 5.91 Å². The maximum atomic E-state index is 12.4. The largest absolute Gasteiger partial charge is 0.414 e. The number of alkyl halides is 3. The molecule has 1 fully saturated rings. The van der Waals surface area contributed by atoms with Gasteiger partial charge in [0, 0.05) is 16.4 Å². The maximum Gasteiger partial charge on any atom is 0.414 e. The summed E-state index contributed by atoms with van der Waals surface area (Å²) in [6.45, 7) is 0.309. The molecule has 1 N–H and O–H groups in total. The van der Waals surface area contributed by atoms with Crippen molar-refractivity contribution in [1.29, 1.82) is 0 Å². The van der Waals surface area contributed by atoms with Gasteiger partial charge in [-0.05, 0) is 41.3 Å². The van der Waals surface area contributed by atoms with Gasteiger partial charge in [0.2, 0.25) is 0 Å². The number of carbonyl (C=O) groups is 1. The van der Waals surface area contributed by atoms with E-state index >= 15 is 0 Å². The van der Waals surface area contributed by atoms with E-state index in [4.69, 9.17) is 4.74 Å². The molecule has 0 radical (unpaired) electrons. The predicted molar refractivity (Wildman–Crippen MR) is 72.9 cm³/mol. The second kappa shape index (κ2) is 6.44. The molecule has 1 aliphatic heterocycles. The Hall–Kier alpha value is -0.600. The van der Waals surface area contributed by atoms with Crippen molar-refractivity contribution in [3.05, 3.63) is 20.8 Å². The molecule has 0 aliphatic carbocycles. The van der Waals surface area contributed by atoms with Crippen LogP contribution in [0.2, 0.25) is 0 Å². The van der Waals surface area contributed by atoms with E-state index in [0.29, 0.717) is 24.3 Å². The van der Waals surface area contributed by atoms with E-state index < -0.39 is 18.4 Å². The highest BCUT2D eigenvalue weighted by Crippen LogP contribution is 2.33. The number of hydrogen-bond donors (Lipinski definition) is 1. The lowest BCUT2D eigenvalue weighted by molar-refractivity contribution is -0.215. The highest BCUT2D eigenvalue weighted by Gasteiger charge is 2.45. The molecule has 8 heteroatoms. The highest BCUT2D eigenvalue weighted by molar-refractivity contribution is 9.10. The van der Waals surface area contributed by atoms with Gasteiger partial charge in [-0.3, -0.25) is 4.79 Å². The Kier molecular flexibility index (Phi) is 5.09. The number of ether oxygens (including phenoxy) is 1. The van der Waals surface area contributed by atoms with Crippen LogP contribution in [-0.4, -0.2) is 30.8 Å². The number of halogens is 4. The Bertz CT molecular complexity index is 478. The summed E-state index contributed by atoms with van der Waals surface area (Å²) >= 11 is 4.56. The Morgan fingerprint density at radius 3 is 2.80 bits per heavy atom. The molecule has 3 nitrogen and oxygen atoms in total. The molecule has 112 valence electrons. The number of thiophene rings is 1. The van der Waals surface area contributed by atoms with Crippen molar-refractivity contribution < 1.29 is 22.7 Å².